The van der Waals surface area contributed by atoms with E-state index in [2.05, 4.69) is 24.0 Å². The SMILES string of the molecule is Cc1cc(C(N)=S)ccc1CN(Cc1ccco1)C1CC1. The Morgan fingerprint density at radius 3 is 2.71 bits per heavy atom. The summed E-state index contributed by atoms with van der Waals surface area (Å²) >= 11 is 5.04. The number of benzene rings is 1. The maximum Gasteiger partial charge on any atom is 0.117 e. The summed E-state index contributed by atoms with van der Waals surface area (Å²) in [6.07, 6.45) is 4.30. The second-order valence-corrected chi connectivity index (χ2v) is 6.16. The smallest absolute Gasteiger partial charge is 0.117 e. The number of hydrogen-bond donors (Lipinski definition) is 1. The van der Waals surface area contributed by atoms with E-state index in [1.165, 1.54) is 24.0 Å². The quantitative estimate of drug-likeness (QED) is 0.830. The predicted molar refractivity (Wildman–Crippen MR) is 88.0 cm³/mol. The van der Waals surface area contributed by atoms with Gasteiger partial charge >= 0.3 is 0 Å². The molecule has 2 aromatic rings. The third-order valence-electron chi connectivity index (χ3n) is 4.00. The third kappa shape index (κ3) is 3.52. The zero-order valence-corrected chi connectivity index (χ0v) is 13.0. The van der Waals surface area contributed by atoms with Crippen LogP contribution in [0.5, 0.6) is 0 Å². The van der Waals surface area contributed by atoms with Crippen molar-refractivity contribution in [2.75, 3.05) is 0 Å². The Morgan fingerprint density at radius 2 is 2.14 bits per heavy atom. The summed E-state index contributed by atoms with van der Waals surface area (Å²) in [5.74, 6) is 1.03. The van der Waals surface area contributed by atoms with Crippen LogP contribution in [0, 0.1) is 6.92 Å². The number of rotatable bonds is 6. The van der Waals surface area contributed by atoms with Gasteiger partial charge in [-0.25, -0.2) is 0 Å². The van der Waals surface area contributed by atoms with E-state index in [4.69, 9.17) is 22.4 Å². The first kappa shape index (κ1) is 14.3. The molecule has 0 amide bonds. The lowest BCUT2D eigenvalue weighted by molar-refractivity contribution is 0.225. The molecule has 1 heterocycles. The van der Waals surface area contributed by atoms with Crippen molar-refractivity contribution in [1.82, 2.24) is 4.90 Å². The summed E-state index contributed by atoms with van der Waals surface area (Å²) in [5.41, 5.74) is 9.20. The van der Waals surface area contributed by atoms with Crippen molar-refractivity contribution in [2.45, 2.75) is 38.9 Å². The van der Waals surface area contributed by atoms with Gasteiger partial charge in [0.15, 0.2) is 0 Å². The molecular formula is C17H20N2OS. The first-order chi connectivity index (χ1) is 10.1. The molecule has 1 aliphatic rings. The van der Waals surface area contributed by atoms with Crippen molar-refractivity contribution in [2.24, 2.45) is 5.73 Å². The molecule has 1 saturated carbocycles. The van der Waals surface area contributed by atoms with Gasteiger partial charge in [-0.3, -0.25) is 4.90 Å². The van der Waals surface area contributed by atoms with Gasteiger partial charge in [-0.2, -0.15) is 0 Å². The summed E-state index contributed by atoms with van der Waals surface area (Å²) in [6, 6.07) is 10.9. The van der Waals surface area contributed by atoms with Crippen molar-refractivity contribution < 1.29 is 4.42 Å². The van der Waals surface area contributed by atoms with Crippen LogP contribution in [-0.4, -0.2) is 15.9 Å². The summed E-state index contributed by atoms with van der Waals surface area (Å²) < 4.78 is 5.49. The highest BCUT2D eigenvalue weighted by molar-refractivity contribution is 7.80. The van der Waals surface area contributed by atoms with E-state index in [0.717, 1.165) is 24.4 Å². The second kappa shape index (κ2) is 6.00. The molecule has 110 valence electrons. The standard InChI is InChI=1S/C17H20N2OS/c1-12-9-13(17(18)21)4-5-14(12)10-19(15-6-7-15)11-16-3-2-8-20-16/h2-5,8-9,15H,6-7,10-11H2,1H3,(H2,18,21). The Hall–Kier alpha value is -1.65. The lowest BCUT2D eigenvalue weighted by Gasteiger charge is -2.22. The molecular weight excluding hydrogens is 280 g/mol. The molecule has 1 aromatic heterocycles. The lowest BCUT2D eigenvalue weighted by Crippen LogP contribution is -2.25. The van der Waals surface area contributed by atoms with E-state index in [9.17, 15) is 0 Å². The zero-order chi connectivity index (χ0) is 14.8. The topological polar surface area (TPSA) is 42.4 Å². The van der Waals surface area contributed by atoms with Gasteiger partial charge in [0, 0.05) is 18.2 Å². The lowest BCUT2D eigenvalue weighted by atomic mass is 10.0. The number of nitrogens with two attached hydrogens (primary N) is 1. The highest BCUT2D eigenvalue weighted by Crippen LogP contribution is 2.30. The molecule has 0 atom stereocenters. The van der Waals surface area contributed by atoms with Crippen LogP contribution in [-0.2, 0) is 13.1 Å². The maximum atomic E-state index is 5.69. The number of thiocarbonyl (C=S) groups is 1. The van der Waals surface area contributed by atoms with Crippen LogP contribution in [0.15, 0.2) is 41.0 Å². The van der Waals surface area contributed by atoms with E-state index < -0.39 is 0 Å². The average Bonchev–Trinajstić information content (AvgIpc) is 3.18. The number of hydrogen-bond acceptors (Lipinski definition) is 3. The molecule has 21 heavy (non-hydrogen) atoms. The molecule has 3 rings (SSSR count). The van der Waals surface area contributed by atoms with E-state index in [0.29, 0.717) is 11.0 Å². The molecule has 0 saturated heterocycles. The molecule has 3 nitrogen and oxygen atoms in total. The van der Waals surface area contributed by atoms with Gasteiger partial charge in [0.25, 0.3) is 0 Å². The summed E-state index contributed by atoms with van der Waals surface area (Å²) in [6.45, 7) is 3.93. The largest absolute Gasteiger partial charge is 0.468 e. The predicted octanol–water partition coefficient (Wildman–Crippen LogP) is 3.39. The van der Waals surface area contributed by atoms with Gasteiger partial charge in [0.2, 0.25) is 0 Å². The van der Waals surface area contributed by atoms with E-state index in [1.807, 2.05) is 18.2 Å². The average molecular weight is 300 g/mol. The van der Waals surface area contributed by atoms with Gasteiger partial charge in [-0.15, -0.1) is 0 Å². The molecule has 1 fully saturated rings. The van der Waals surface area contributed by atoms with Crippen LogP contribution >= 0.6 is 12.2 Å². The van der Waals surface area contributed by atoms with Crippen LogP contribution in [0.1, 0.15) is 35.3 Å². The first-order valence-corrected chi connectivity index (χ1v) is 7.70. The van der Waals surface area contributed by atoms with Crippen molar-refractivity contribution in [1.29, 1.82) is 0 Å². The maximum absolute atomic E-state index is 5.69. The highest BCUT2D eigenvalue weighted by Gasteiger charge is 2.29. The van der Waals surface area contributed by atoms with Crippen LogP contribution in [0.2, 0.25) is 0 Å². The van der Waals surface area contributed by atoms with E-state index in [-0.39, 0.29) is 0 Å². The van der Waals surface area contributed by atoms with Gasteiger partial charge < -0.3 is 10.2 Å². The Bertz CT molecular complexity index is 632. The number of aryl methyl sites for hydroxylation is 1. The minimum atomic E-state index is 0.458. The van der Waals surface area contributed by atoms with E-state index >= 15 is 0 Å². The fourth-order valence-corrected chi connectivity index (χ4v) is 2.73. The van der Waals surface area contributed by atoms with Crippen molar-refractivity contribution >= 4 is 17.2 Å². The Balaban J connectivity index is 1.75. The number of nitrogens with zero attached hydrogens (tertiary/aromatic N) is 1. The first-order valence-electron chi connectivity index (χ1n) is 7.29. The van der Waals surface area contributed by atoms with Gasteiger partial charge in [-0.1, -0.05) is 24.4 Å². The normalized spacial score (nSPS) is 14.6. The summed E-state index contributed by atoms with van der Waals surface area (Å²) in [7, 11) is 0. The fraction of sp³-hybridized carbons (Fsp3) is 0.353. The van der Waals surface area contributed by atoms with Crippen LogP contribution < -0.4 is 5.73 Å². The molecule has 2 N–H and O–H groups in total. The van der Waals surface area contributed by atoms with Crippen molar-refractivity contribution in [3.05, 3.63) is 59.0 Å². The number of furan rings is 1. The minimum absolute atomic E-state index is 0.458. The Morgan fingerprint density at radius 1 is 1.33 bits per heavy atom. The monoisotopic (exact) mass is 300 g/mol. The molecule has 0 radical (unpaired) electrons. The Labute approximate surface area is 130 Å². The molecule has 1 aromatic carbocycles. The van der Waals surface area contributed by atoms with Gasteiger partial charge in [0.1, 0.15) is 10.7 Å². The third-order valence-corrected chi connectivity index (χ3v) is 4.24. The fourth-order valence-electron chi connectivity index (χ4n) is 2.60. The molecule has 0 aliphatic heterocycles. The van der Waals surface area contributed by atoms with Crippen LogP contribution in [0.25, 0.3) is 0 Å². The minimum Gasteiger partial charge on any atom is -0.468 e. The van der Waals surface area contributed by atoms with E-state index in [1.54, 1.807) is 6.26 Å². The second-order valence-electron chi connectivity index (χ2n) is 5.72. The summed E-state index contributed by atoms with van der Waals surface area (Å²) in [5, 5.41) is 0. The van der Waals surface area contributed by atoms with Crippen LogP contribution in [0.3, 0.4) is 0 Å². The van der Waals surface area contributed by atoms with Gasteiger partial charge in [0.05, 0.1) is 12.8 Å². The highest BCUT2D eigenvalue weighted by atomic mass is 32.1. The van der Waals surface area contributed by atoms with Crippen LogP contribution in [0.4, 0.5) is 0 Å². The molecule has 0 unspecified atom stereocenters. The Kier molecular flexibility index (Phi) is 4.08. The molecule has 1 aliphatic carbocycles. The van der Waals surface area contributed by atoms with Gasteiger partial charge in [-0.05, 0) is 49.1 Å². The zero-order valence-electron chi connectivity index (χ0n) is 12.2. The summed E-state index contributed by atoms with van der Waals surface area (Å²) in [4.78, 5) is 2.95. The molecule has 0 bridgehead atoms. The molecule has 4 heteroatoms. The van der Waals surface area contributed by atoms with Crippen molar-refractivity contribution in [3.8, 4) is 0 Å². The van der Waals surface area contributed by atoms with Crippen molar-refractivity contribution in [3.63, 3.8) is 0 Å². The molecule has 0 spiro atoms.